The first-order chi connectivity index (χ1) is 42.6. The molecule has 16 aromatic rings. The lowest BCUT2D eigenvalue weighted by Gasteiger charge is -2.12. The monoisotopic (exact) mass is 1090 g/mol. The lowest BCUT2D eigenvalue weighted by atomic mass is 9.94. The zero-order chi connectivity index (χ0) is 56.9. The maximum atomic E-state index is 2.42. The van der Waals surface area contributed by atoms with Crippen molar-refractivity contribution in [2.75, 3.05) is 0 Å². The summed E-state index contributed by atoms with van der Waals surface area (Å²) >= 11 is 0. The number of hydrogen-bond donors (Lipinski definition) is 0. The topological polar surface area (TPSA) is 9.86 Å². The van der Waals surface area contributed by atoms with Gasteiger partial charge in [0.25, 0.3) is 0 Å². The van der Waals surface area contributed by atoms with Crippen molar-refractivity contribution in [1.29, 1.82) is 0 Å². The number of benzene rings is 14. The molecule has 0 aliphatic carbocycles. The fourth-order valence-electron chi connectivity index (χ4n) is 12.9. The molecule has 0 unspecified atom stereocenters. The molecule has 0 radical (unpaired) electrons. The molecule has 2 nitrogen and oxygen atoms in total. The Morgan fingerprint density at radius 1 is 0.128 bits per heavy atom. The van der Waals surface area contributed by atoms with Crippen molar-refractivity contribution in [2.45, 2.75) is 0 Å². The van der Waals surface area contributed by atoms with Gasteiger partial charge in [-0.2, -0.15) is 0 Å². The molecule has 14 aromatic carbocycles. The first-order valence-electron chi connectivity index (χ1n) is 29.6. The van der Waals surface area contributed by atoms with E-state index >= 15 is 0 Å². The van der Waals surface area contributed by atoms with Crippen molar-refractivity contribution >= 4 is 43.6 Å². The minimum atomic E-state index is 1.14. The highest BCUT2D eigenvalue weighted by molar-refractivity contribution is 6.13. The van der Waals surface area contributed by atoms with Crippen LogP contribution in [0.5, 0.6) is 0 Å². The van der Waals surface area contributed by atoms with Crippen molar-refractivity contribution in [3.8, 4) is 112 Å². The molecule has 0 aliphatic rings. The second kappa shape index (κ2) is 21.5. The van der Waals surface area contributed by atoms with Gasteiger partial charge in [0.1, 0.15) is 0 Å². The molecule has 0 N–H and O–H groups in total. The molecule has 0 amide bonds. The van der Waals surface area contributed by atoms with Crippen LogP contribution in [0.15, 0.2) is 340 Å². The minimum Gasteiger partial charge on any atom is -0.309 e. The largest absolute Gasteiger partial charge is 0.309 e. The Hall–Kier alpha value is -11.3. The van der Waals surface area contributed by atoms with E-state index in [0.29, 0.717) is 0 Å². The third-order valence-corrected chi connectivity index (χ3v) is 17.4. The van der Waals surface area contributed by atoms with Crippen LogP contribution >= 0.6 is 0 Å². The van der Waals surface area contributed by atoms with E-state index in [-0.39, 0.29) is 0 Å². The van der Waals surface area contributed by atoms with Gasteiger partial charge < -0.3 is 9.13 Å². The summed E-state index contributed by atoms with van der Waals surface area (Å²) in [5, 5.41) is 4.96. The molecule has 2 heterocycles. The second-order valence-electron chi connectivity index (χ2n) is 22.5. The van der Waals surface area contributed by atoms with Crippen LogP contribution in [0.3, 0.4) is 0 Å². The molecule has 16 rings (SSSR count). The number of aromatic nitrogens is 2. The Kier molecular flexibility index (Phi) is 12.6. The Morgan fingerprint density at radius 3 is 0.767 bits per heavy atom. The van der Waals surface area contributed by atoms with Gasteiger partial charge in [0.2, 0.25) is 0 Å². The molecule has 402 valence electrons. The van der Waals surface area contributed by atoms with Crippen LogP contribution in [-0.4, -0.2) is 9.13 Å². The molecule has 0 fully saturated rings. The zero-order valence-electron chi connectivity index (χ0n) is 47.2. The van der Waals surface area contributed by atoms with Crippen LogP contribution in [0.25, 0.3) is 155 Å². The molecule has 0 spiro atoms. The van der Waals surface area contributed by atoms with Crippen LogP contribution in [0, 0.1) is 0 Å². The third-order valence-electron chi connectivity index (χ3n) is 17.4. The minimum absolute atomic E-state index is 1.14. The maximum absolute atomic E-state index is 2.42. The SMILES string of the molecule is c1ccc(-c2ccc(-c3ccc(-c4cccc(-c5cccc(-c6ccc(-c7ccc(-c8cccc(-n9c%10ccccc%10c%10cc(-c%11ccc%12c(c%11)c%11ccccc%11n%12-c%11ccc(-c%12ccccc%12)cc%11)ccc%109)c8)cc7)cc6)c5)c4)cc3)cc2)cc1. The van der Waals surface area contributed by atoms with E-state index in [2.05, 4.69) is 349 Å². The summed E-state index contributed by atoms with van der Waals surface area (Å²) in [5.74, 6) is 0. The predicted octanol–water partition coefficient (Wildman–Crippen LogP) is 22.9. The van der Waals surface area contributed by atoms with Gasteiger partial charge in [-0.1, -0.05) is 267 Å². The number of fused-ring (bicyclic) bond motifs is 6. The summed E-state index contributed by atoms with van der Waals surface area (Å²) in [4.78, 5) is 0. The smallest absolute Gasteiger partial charge is 0.0541 e. The molecule has 0 atom stereocenters. The van der Waals surface area contributed by atoms with Gasteiger partial charge in [-0.25, -0.2) is 0 Å². The van der Waals surface area contributed by atoms with Crippen molar-refractivity contribution in [2.24, 2.45) is 0 Å². The normalized spacial score (nSPS) is 11.5. The number of para-hydroxylation sites is 2. The number of nitrogens with zero attached hydrogens (tertiary/aromatic N) is 2. The van der Waals surface area contributed by atoms with Gasteiger partial charge in [0.05, 0.1) is 22.1 Å². The summed E-state index contributed by atoms with van der Waals surface area (Å²) in [5.41, 5.74) is 28.7. The molecule has 2 heteroatoms. The molecule has 2 aromatic heterocycles. The molecule has 0 bridgehead atoms. The first-order valence-corrected chi connectivity index (χ1v) is 29.6. The van der Waals surface area contributed by atoms with Crippen LogP contribution in [0.2, 0.25) is 0 Å². The molecular formula is C84H56N2. The Labute approximate surface area is 501 Å². The lowest BCUT2D eigenvalue weighted by Crippen LogP contribution is -1.94. The van der Waals surface area contributed by atoms with E-state index in [4.69, 9.17) is 0 Å². The molecule has 86 heavy (non-hydrogen) atoms. The van der Waals surface area contributed by atoms with E-state index in [1.165, 1.54) is 144 Å². The first kappa shape index (κ1) is 50.4. The molecule has 0 saturated heterocycles. The van der Waals surface area contributed by atoms with Gasteiger partial charge >= 0.3 is 0 Å². The highest BCUT2D eigenvalue weighted by Crippen LogP contribution is 2.40. The van der Waals surface area contributed by atoms with E-state index in [1.807, 2.05) is 0 Å². The summed E-state index contributed by atoms with van der Waals surface area (Å²) in [6, 6.07) is 124. The fourth-order valence-corrected chi connectivity index (χ4v) is 12.9. The van der Waals surface area contributed by atoms with Gasteiger partial charge in [-0.3, -0.25) is 0 Å². The van der Waals surface area contributed by atoms with Crippen LogP contribution in [0.1, 0.15) is 0 Å². The van der Waals surface area contributed by atoms with Crippen molar-refractivity contribution < 1.29 is 0 Å². The highest BCUT2D eigenvalue weighted by atomic mass is 15.0. The average Bonchev–Trinajstić information content (AvgIpc) is 2.20. The standard InChI is InChI=1S/C84H56N2/c1-3-14-57(15-4-1)59-28-30-60(31-29-59)61-32-38-65(39-33-61)68-18-11-20-70(52-68)71-21-12-19-69(53-71)66-40-34-62(35-41-66)63-36-42-67(43-37-63)72-22-13-23-76(54-72)86-82-27-10-8-25-78(82)80-56-74(47-51-84(80)86)73-46-50-83-79(55-73)77-24-7-9-26-81(77)85(83)75-48-44-64(45-49-75)58-16-5-2-6-17-58/h1-56H. The van der Waals surface area contributed by atoms with E-state index in [0.717, 1.165) is 11.4 Å². The molecule has 0 saturated carbocycles. The van der Waals surface area contributed by atoms with Crippen LogP contribution in [0.4, 0.5) is 0 Å². The number of hydrogen-bond acceptors (Lipinski definition) is 0. The highest BCUT2D eigenvalue weighted by Gasteiger charge is 2.18. The Morgan fingerprint density at radius 2 is 0.372 bits per heavy atom. The van der Waals surface area contributed by atoms with Gasteiger partial charge in [0, 0.05) is 32.9 Å². The summed E-state index contributed by atoms with van der Waals surface area (Å²) < 4.78 is 4.82. The van der Waals surface area contributed by atoms with Crippen molar-refractivity contribution in [1.82, 2.24) is 9.13 Å². The molecular weight excluding hydrogens is 1040 g/mol. The maximum Gasteiger partial charge on any atom is 0.0541 e. The number of rotatable bonds is 11. The van der Waals surface area contributed by atoms with Gasteiger partial charge in [0.15, 0.2) is 0 Å². The quantitative estimate of drug-likeness (QED) is 0.122. The van der Waals surface area contributed by atoms with E-state index in [9.17, 15) is 0 Å². The zero-order valence-corrected chi connectivity index (χ0v) is 47.2. The van der Waals surface area contributed by atoms with Crippen molar-refractivity contribution in [3.05, 3.63) is 340 Å². The summed E-state index contributed by atoms with van der Waals surface area (Å²) in [7, 11) is 0. The molecule has 0 aliphatic heterocycles. The fraction of sp³-hybridized carbons (Fsp3) is 0. The van der Waals surface area contributed by atoms with Crippen LogP contribution in [-0.2, 0) is 0 Å². The van der Waals surface area contributed by atoms with Gasteiger partial charge in [-0.05, 0) is 173 Å². The summed E-state index contributed by atoms with van der Waals surface area (Å²) in [6.07, 6.45) is 0. The lowest BCUT2D eigenvalue weighted by molar-refractivity contribution is 1.18. The Bertz CT molecular complexity index is 5150. The third kappa shape index (κ3) is 9.27. The van der Waals surface area contributed by atoms with Crippen molar-refractivity contribution in [3.63, 3.8) is 0 Å². The van der Waals surface area contributed by atoms with Gasteiger partial charge in [-0.15, -0.1) is 0 Å². The summed E-state index contributed by atoms with van der Waals surface area (Å²) in [6.45, 7) is 0. The van der Waals surface area contributed by atoms with E-state index < -0.39 is 0 Å². The van der Waals surface area contributed by atoms with Crippen LogP contribution < -0.4 is 0 Å². The predicted molar refractivity (Wildman–Crippen MR) is 364 cm³/mol. The van der Waals surface area contributed by atoms with E-state index in [1.54, 1.807) is 0 Å². The average molecular weight is 1090 g/mol. The second-order valence-corrected chi connectivity index (χ2v) is 22.5. The Balaban J connectivity index is 0.632.